The van der Waals surface area contributed by atoms with Crippen LogP contribution >= 0.6 is 12.2 Å². The smallest absolute Gasteiger partial charge is 0.210 e. The third-order valence-corrected chi connectivity index (χ3v) is 2.68. The van der Waals surface area contributed by atoms with E-state index in [1.807, 2.05) is 0 Å². The third kappa shape index (κ3) is 4.51. The molecule has 1 heterocycles. The second kappa shape index (κ2) is 5.19. The maximum Gasteiger partial charge on any atom is 0.210 e. The van der Waals surface area contributed by atoms with Crippen LogP contribution in [0.5, 0.6) is 0 Å². The van der Waals surface area contributed by atoms with Gasteiger partial charge in [0.05, 0.1) is 11.4 Å². The number of thiocarbonyl (C=S) groups is 1. The molecule has 16 heavy (non-hydrogen) atoms. The average molecular weight is 260 g/mol. The molecular weight excluding hydrogens is 248 g/mol. The number of sulfonamides is 1. The van der Waals surface area contributed by atoms with Gasteiger partial charge in [-0.2, -0.15) is 0 Å². The fourth-order valence-corrected chi connectivity index (χ4v) is 1.49. The van der Waals surface area contributed by atoms with Crippen LogP contribution in [0, 0.1) is 0 Å². The first-order valence-electron chi connectivity index (χ1n) is 4.40. The fourth-order valence-electron chi connectivity index (χ4n) is 0.992. The Bertz CT molecular complexity index is 487. The highest BCUT2D eigenvalue weighted by Gasteiger charge is 2.03. The summed E-state index contributed by atoms with van der Waals surface area (Å²) in [5.41, 5.74) is 5.89. The molecule has 0 atom stereocenters. The topological polar surface area (TPSA) is 111 Å². The van der Waals surface area contributed by atoms with Gasteiger partial charge in [-0.15, -0.1) is 0 Å². The normalized spacial score (nSPS) is 11.1. The van der Waals surface area contributed by atoms with Crippen LogP contribution in [0.1, 0.15) is 5.69 Å². The van der Waals surface area contributed by atoms with Gasteiger partial charge in [0.2, 0.25) is 10.0 Å². The lowest BCUT2D eigenvalue weighted by Gasteiger charge is -2.05. The number of aromatic nitrogens is 1. The summed E-state index contributed by atoms with van der Waals surface area (Å²) >= 11 is 4.77. The van der Waals surface area contributed by atoms with Gasteiger partial charge >= 0.3 is 0 Å². The highest BCUT2D eigenvalue weighted by Crippen LogP contribution is 2.04. The first-order valence-corrected chi connectivity index (χ1v) is 6.52. The van der Waals surface area contributed by atoms with Gasteiger partial charge in [-0.1, -0.05) is 18.3 Å². The second-order valence-corrected chi connectivity index (χ2v) is 5.24. The number of rotatable bonds is 5. The van der Waals surface area contributed by atoms with Crippen molar-refractivity contribution in [3.8, 4) is 0 Å². The van der Waals surface area contributed by atoms with E-state index < -0.39 is 10.0 Å². The zero-order valence-corrected chi connectivity index (χ0v) is 10.0. The van der Waals surface area contributed by atoms with Gasteiger partial charge in [0.1, 0.15) is 10.8 Å². The van der Waals surface area contributed by atoms with Crippen LogP contribution in [0.15, 0.2) is 18.2 Å². The number of nitrogens with two attached hydrogens (primary N) is 2. The van der Waals surface area contributed by atoms with Crippen molar-refractivity contribution >= 4 is 33.0 Å². The van der Waals surface area contributed by atoms with Crippen LogP contribution in [0.25, 0.3) is 0 Å². The predicted molar refractivity (Wildman–Crippen MR) is 66.6 cm³/mol. The van der Waals surface area contributed by atoms with Crippen LogP contribution in [0.2, 0.25) is 0 Å². The van der Waals surface area contributed by atoms with Crippen LogP contribution in [0.4, 0.5) is 5.82 Å². The summed E-state index contributed by atoms with van der Waals surface area (Å²) in [5, 5.41) is 7.66. The molecule has 0 saturated carbocycles. The zero-order chi connectivity index (χ0) is 12.2. The molecule has 8 heteroatoms. The Kier molecular flexibility index (Phi) is 4.16. The largest absolute Gasteiger partial charge is 0.388 e. The van der Waals surface area contributed by atoms with E-state index in [9.17, 15) is 8.42 Å². The molecule has 5 N–H and O–H groups in total. The summed E-state index contributed by atoms with van der Waals surface area (Å²) in [4.78, 5) is 4.27. The number of anilines is 1. The summed E-state index contributed by atoms with van der Waals surface area (Å²) in [6.07, 6.45) is 0. The van der Waals surface area contributed by atoms with E-state index in [1.54, 1.807) is 18.2 Å². The molecule has 88 valence electrons. The standard InChI is InChI=1S/C8H12N4O2S2/c9-8(15)6-2-1-3-7(12-6)11-4-5-16(10,13)14/h1-3H,4-5H2,(H2,9,15)(H,11,12)(H2,10,13,14). The summed E-state index contributed by atoms with van der Waals surface area (Å²) in [6, 6.07) is 5.08. The minimum atomic E-state index is -3.46. The van der Waals surface area contributed by atoms with Crippen molar-refractivity contribution < 1.29 is 8.42 Å². The van der Waals surface area contributed by atoms with Gasteiger partial charge in [-0.3, -0.25) is 0 Å². The van der Waals surface area contributed by atoms with Gasteiger partial charge in [0.25, 0.3) is 0 Å². The summed E-state index contributed by atoms with van der Waals surface area (Å²) < 4.78 is 21.3. The van der Waals surface area contributed by atoms with E-state index in [0.717, 1.165) is 0 Å². The first kappa shape index (κ1) is 12.8. The van der Waals surface area contributed by atoms with E-state index in [-0.39, 0.29) is 17.3 Å². The average Bonchev–Trinajstić information content (AvgIpc) is 2.16. The molecule has 1 aromatic heterocycles. The molecular formula is C8H12N4O2S2. The van der Waals surface area contributed by atoms with Gasteiger partial charge in [-0.05, 0) is 12.1 Å². The molecule has 0 amide bonds. The molecule has 1 aromatic rings. The quantitative estimate of drug-likeness (QED) is 0.611. The van der Waals surface area contributed by atoms with Crippen molar-refractivity contribution in [2.24, 2.45) is 10.9 Å². The van der Waals surface area contributed by atoms with Crippen LogP contribution in [0.3, 0.4) is 0 Å². The Morgan fingerprint density at radius 3 is 2.75 bits per heavy atom. The number of nitrogens with zero attached hydrogens (tertiary/aromatic N) is 1. The molecule has 0 fully saturated rings. The number of hydrogen-bond donors (Lipinski definition) is 3. The summed E-state index contributed by atoms with van der Waals surface area (Å²) in [6.45, 7) is 0.187. The SMILES string of the molecule is NC(=S)c1cccc(NCCS(N)(=O)=O)n1. The van der Waals surface area contributed by atoms with E-state index in [4.69, 9.17) is 23.1 Å². The Hall–Kier alpha value is -1.25. The lowest BCUT2D eigenvalue weighted by molar-refractivity contribution is 0.598. The molecule has 0 radical (unpaired) electrons. The van der Waals surface area contributed by atoms with Crippen molar-refractivity contribution in [3.63, 3.8) is 0 Å². The van der Waals surface area contributed by atoms with E-state index >= 15 is 0 Å². The van der Waals surface area contributed by atoms with Crippen LogP contribution in [-0.4, -0.2) is 30.7 Å². The van der Waals surface area contributed by atoms with Gasteiger partial charge < -0.3 is 11.1 Å². The van der Waals surface area contributed by atoms with Crippen molar-refractivity contribution in [2.45, 2.75) is 0 Å². The van der Waals surface area contributed by atoms with Crippen molar-refractivity contribution in [1.82, 2.24) is 4.98 Å². The summed E-state index contributed by atoms with van der Waals surface area (Å²) in [5.74, 6) is 0.348. The molecule has 1 rings (SSSR count). The maximum atomic E-state index is 10.7. The highest BCUT2D eigenvalue weighted by atomic mass is 32.2. The van der Waals surface area contributed by atoms with E-state index in [0.29, 0.717) is 11.5 Å². The Balaban J connectivity index is 2.61. The molecule has 0 aliphatic rings. The molecule has 0 aliphatic heterocycles. The number of nitrogens with one attached hydrogen (secondary N) is 1. The molecule has 6 nitrogen and oxygen atoms in total. The van der Waals surface area contributed by atoms with Gasteiger partial charge in [0, 0.05) is 6.54 Å². The molecule has 0 aromatic carbocycles. The minimum absolute atomic E-state index is 0.161. The lowest BCUT2D eigenvalue weighted by atomic mass is 10.3. The molecule has 0 saturated heterocycles. The lowest BCUT2D eigenvalue weighted by Crippen LogP contribution is -2.23. The first-order chi connectivity index (χ1) is 7.38. The molecule has 0 unspecified atom stereocenters. The Morgan fingerprint density at radius 2 is 2.19 bits per heavy atom. The zero-order valence-electron chi connectivity index (χ0n) is 8.38. The Labute approximate surface area is 99.1 Å². The number of pyridine rings is 1. The number of hydrogen-bond acceptors (Lipinski definition) is 5. The van der Waals surface area contributed by atoms with Crippen molar-refractivity contribution in [3.05, 3.63) is 23.9 Å². The molecule has 0 spiro atoms. The molecule has 0 aliphatic carbocycles. The summed E-state index contributed by atoms with van der Waals surface area (Å²) in [7, 11) is -3.46. The highest BCUT2D eigenvalue weighted by molar-refractivity contribution is 7.89. The van der Waals surface area contributed by atoms with Gasteiger partial charge in [-0.25, -0.2) is 18.5 Å². The van der Waals surface area contributed by atoms with Crippen molar-refractivity contribution in [2.75, 3.05) is 17.6 Å². The van der Waals surface area contributed by atoms with Crippen LogP contribution in [-0.2, 0) is 10.0 Å². The van der Waals surface area contributed by atoms with E-state index in [2.05, 4.69) is 10.3 Å². The number of primary sulfonamides is 1. The second-order valence-electron chi connectivity index (χ2n) is 3.07. The monoisotopic (exact) mass is 260 g/mol. The minimum Gasteiger partial charge on any atom is -0.388 e. The Morgan fingerprint density at radius 1 is 1.50 bits per heavy atom. The molecule has 0 bridgehead atoms. The predicted octanol–water partition coefficient (Wildman–Crippen LogP) is -0.584. The van der Waals surface area contributed by atoms with Gasteiger partial charge in [0.15, 0.2) is 0 Å². The van der Waals surface area contributed by atoms with E-state index in [1.165, 1.54) is 0 Å². The third-order valence-electron chi connectivity index (χ3n) is 1.69. The van der Waals surface area contributed by atoms with Crippen LogP contribution < -0.4 is 16.2 Å². The maximum absolute atomic E-state index is 10.7. The fraction of sp³-hybridized carbons (Fsp3) is 0.250. The van der Waals surface area contributed by atoms with Crippen molar-refractivity contribution in [1.29, 1.82) is 0 Å².